The summed E-state index contributed by atoms with van der Waals surface area (Å²) in [7, 11) is 0. The maximum atomic E-state index is 11.8. The summed E-state index contributed by atoms with van der Waals surface area (Å²) in [6, 6.07) is 3.64. The Kier molecular flexibility index (Phi) is 2.29. The first-order valence-corrected chi connectivity index (χ1v) is 5.71. The smallest absolute Gasteiger partial charge is 0.234 e. The van der Waals surface area contributed by atoms with Gasteiger partial charge in [0.25, 0.3) is 0 Å². The maximum Gasteiger partial charge on any atom is 0.234 e. The first-order valence-electron chi connectivity index (χ1n) is 5.71. The molecule has 2 amide bonds. The number of carbonyl (C=O) groups excluding carboxylic acids is 2. The number of imide groups is 1. The van der Waals surface area contributed by atoms with E-state index in [2.05, 4.69) is 15.5 Å². The number of piperidine rings is 1. The quantitative estimate of drug-likeness (QED) is 0.506. The van der Waals surface area contributed by atoms with Gasteiger partial charge in [-0.2, -0.15) is 5.10 Å². The predicted octanol–water partition coefficient (Wildman–Crippen LogP) is 0.665. The van der Waals surface area contributed by atoms with Crippen LogP contribution in [0.2, 0.25) is 0 Å². The molecular formula is C12H12N4O2. The molecule has 1 aromatic carbocycles. The highest BCUT2D eigenvalue weighted by Gasteiger charge is 2.28. The van der Waals surface area contributed by atoms with Gasteiger partial charge in [-0.05, 0) is 24.1 Å². The number of benzene rings is 1. The molecule has 18 heavy (non-hydrogen) atoms. The number of anilines is 1. The van der Waals surface area contributed by atoms with Crippen molar-refractivity contribution in [2.24, 2.45) is 0 Å². The number of fused-ring (bicyclic) bond motifs is 1. The number of rotatable bonds is 1. The molecule has 2 heterocycles. The molecule has 1 atom stereocenters. The van der Waals surface area contributed by atoms with Gasteiger partial charge in [-0.1, -0.05) is 0 Å². The highest BCUT2D eigenvalue weighted by atomic mass is 16.2. The Morgan fingerprint density at radius 2 is 2.17 bits per heavy atom. The number of nitrogens with zero attached hydrogens (tertiary/aromatic N) is 1. The van der Waals surface area contributed by atoms with E-state index in [-0.39, 0.29) is 17.7 Å². The lowest BCUT2D eigenvalue weighted by Crippen LogP contribution is -2.39. The molecule has 92 valence electrons. The largest absolute Gasteiger partial charge is 0.398 e. The Morgan fingerprint density at radius 1 is 1.33 bits per heavy atom. The zero-order valence-corrected chi connectivity index (χ0v) is 9.56. The Morgan fingerprint density at radius 3 is 2.94 bits per heavy atom. The van der Waals surface area contributed by atoms with E-state index in [9.17, 15) is 9.59 Å². The van der Waals surface area contributed by atoms with Crippen molar-refractivity contribution < 1.29 is 9.59 Å². The summed E-state index contributed by atoms with van der Waals surface area (Å²) in [5.41, 5.74) is 8.12. The highest BCUT2D eigenvalue weighted by Crippen LogP contribution is 2.30. The van der Waals surface area contributed by atoms with Gasteiger partial charge in [-0.15, -0.1) is 0 Å². The Balaban J connectivity index is 2.03. The minimum Gasteiger partial charge on any atom is -0.398 e. The lowest BCUT2D eigenvalue weighted by Gasteiger charge is -2.21. The van der Waals surface area contributed by atoms with Gasteiger partial charge in [-0.25, -0.2) is 0 Å². The third-order valence-corrected chi connectivity index (χ3v) is 3.25. The summed E-state index contributed by atoms with van der Waals surface area (Å²) < 4.78 is 0. The number of carbonyl (C=O) groups is 2. The monoisotopic (exact) mass is 244 g/mol. The topological polar surface area (TPSA) is 101 Å². The van der Waals surface area contributed by atoms with Crippen molar-refractivity contribution in [3.8, 4) is 0 Å². The van der Waals surface area contributed by atoms with Crippen LogP contribution < -0.4 is 11.1 Å². The molecule has 0 aliphatic carbocycles. The molecule has 1 unspecified atom stereocenters. The lowest BCUT2D eigenvalue weighted by molar-refractivity contribution is -0.134. The summed E-state index contributed by atoms with van der Waals surface area (Å²) >= 11 is 0. The Hall–Kier alpha value is -2.37. The normalized spacial score (nSPS) is 20.1. The van der Waals surface area contributed by atoms with Crippen molar-refractivity contribution in [2.45, 2.75) is 18.8 Å². The summed E-state index contributed by atoms with van der Waals surface area (Å²) in [5.74, 6) is -0.797. The highest BCUT2D eigenvalue weighted by molar-refractivity contribution is 6.01. The average Bonchev–Trinajstić information content (AvgIpc) is 2.77. The molecule has 0 bridgehead atoms. The zero-order chi connectivity index (χ0) is 12.7. The number of H-pyrrole nitrogens is 1. The van der Waals surface area contributed by atoms with Crippen molar-refractivity contribution in [1.29, 1.82) is 0 Å². The van der Waals surface area contributed by atoms with Crippen LogP contribution in [0, 0.1) is 0 Å². The predicted molar refractivity (Wildman–Crippen MR) is 65.6 cm³/mol. The molecule has 1 fully saturated rings. The number of aromatic nitrogens is 2. The molecule has 0 spiro atoms. The molecule has 1 saturated heterocycles. The first kappa shape index (κ1) is 10.8. The summed E-state index contributed by atoms with van der Waals surface area (Å²) in [5, 5.41) is 9.94. The van der Waals surface area contributed by atoms with Gasteiger partial charge in [0.15, 0.2) is 0 Å². The van der Waals surface area contributed by atoms with Gasteiger partial charge in [0.1, 0.15) is 0 Å². The van der Waals surface area contributed by atoms with Gasteiger partial charge in [0.2, 0.25) is 11.8 Å². The fraction of sp³-hybridized carbons (Fsp3) is 0.250. The van der Waals surface area contributed by atoms with Gasteiger partial charge < -0.3 is 5.73 Å². The van der Waals surface area contributed by atoms with E-state index >= 15 is 0 Å². The molecule has 2 aromatic rings. The Bertz CT molecular complexity index is 647. The fourth-order valence-corrected chi connectivity index (χ4v) is 2.31. The molecule has 1 aliphatic rings. The van der Waals surface area contributed by atoms with E-state index in [4.69, 9.17) is 5.73 Å². The number of aromatic amines is 1. The zero-order valence-electron chi connectivity index (χ0n) is 9.56. The van der Waals surface area contributed by atoms with Crippen LogP contribution in [0.15, 0.2) is 18.3 Å². The van der Waals surface area contributed by atoms with E-state index in [1.54, 1.807) is 12.3 Å². The van der Waals surface area contributed by atoms with Crippen LogP contribution in [-0.4, -0.2) is 22.0 Å². The van der Waals surface area contributed by atoms with Gasteiger partial charge in [0.05, 0.1) is 17.6 Å². The van der Waals surface area contributed by atoms with Crippen molar-refractivity contribution in [3.05, 3.63) is 23.9 Å². The van der Waals surface area contributed by atoms with Crippen LogP contribution in [0.5, 0.6) is 0 Å². The number of nitrogens with one attached hydrogen (secondary N) is 2. The molecule has 3 rings (SSSR count). The van der Waals surface area contributed by atoms with Crippen LogP contribution in [-0.2, 0) is 9.59 Å². The molecule has 0 saturated carbocycles. The molecule has 6 nitrogen and oxygen atoms in total. The second-order valence-corrected chi connectivity index (χ2v) is 4.45. The number of nitrogen functional groups attached to an aromatic ring is 1. The SMILES string of the molecule is Nc1cc(C2CCC(=O)NC2=O)cc2[nH]ncc12. The molecular weight excluding hydrogens is 232 g/mol. The minimum atomic E-state index is -0.322. The standard InChI is InChI=1S/C12H12N4O2/c13-9-3-6(4-10-8(9)5-14-16-10)7-1-2-11(17)15-12(7)18/h3-5,7H,1-2,13H2,(H,14,16)(H,15,17,18). The summed E-state index contributed by atoms with van der Waals surface area (Å²) in [6.07, 6.45) is 2.53. The summed E-state index contributed by atoms with van der Waals surface area (Å²) in [4.78, 5) is 22.9. The van der Waals surface area contributed by atoms with Gasteiger partial charge in [-0.3, -0.25) is 20.0 Å². The van der Waals surface area contributed by atoms with E-state index < -0.39 is 0 Å². The lowest BCUT2D eigenvalue weighted by atomic mass is 9.90. The molecule has 4 N–H and O–H groups in total. The third-order valence-electron chi connectivity index (χ3n) is 3.25. The second kappa shape index (κ2) is 3.83. The van der Waals surface area contributed by atoms with E-state index in [0.29, 0.717) is 18.5 Å². The number of amides is 2. The molecule has 1 aliphatic heterocycles. The van der Waals surface area contributed by atoms with Crippen LogP contribution in [0.3, 0.4) is 0 Å². The average molecular weight is 244 g/mol. The number of hydrogen-bond donors (Lipinski definition) is 3. The van der Waals surface area contributed by atoms with Crippen molar-refractivity contribution in [3.63, 3.8) is 0 Å². The first-order chi connectivity index (χ1) is 8.65. The van der Waals surface area contributed by atoms with Crippen molar-refractivity contribution in [2.75, 3.05) is 5.73 Å². The van der Waals surface area contributed by atoms with Gasteiger partial charge in [0, 0.05) is 17.5 Å². The van der Waals surface area contributed by atoms with Crippen LogP contribution in [0.25, 0.3) is 10.9 Å². The van der Waals surface area contributed by atoms with Crippen LogP contribution >= 0.6 is 0 Å². The van der Waals surface area contributed by atoms with Gasteiger partial charge >= 0.3 is 0 Å². The molecule has 1 aromatic heterocycles. The second-order valence-electron chi connectivity index (χ2n) is 4.45. The minimum absolute atomic E-state index is 0.216. The van der Waals surface area contributed by atoms with E-state index in [1.807, 2.05) is 6.07 Å². The number of nitrogens with two attached hydrogens (primary N) is 1. The van der Waals surface area contributed by atoms with Crippen LogP contribution in [0.4, 0.5) is 5.69 Å². The summed E-state index contributed by atoms with van der Waals surface area (Å²) in [6.45, 7) is 0. The van der Waals surface area contributed by atoms with Crippen molar-refractivity contribution in [1.82, 2.24) is 15.5 Å². The third kappa shape index (κ3) is 1.62. The van der Waals surface area contributed by atoms with E-state index in [1.165, 1.54) is 0 Å². The van der Waals surface area contributed by atoms with Crippen LogP contribution in [0.1, 0.15) is 24.3 Å². The number of hydrogen-bond acceptors (Lipinski definition) is 4. The molecule has 6 heteroatoms. The fourth-order valence-electron chi connectivity index (χ4n) is 2.31. The van der Waals surface area contributed by atoms with E-state index in [0.717, 1.165) is 16.5 Å². The molecule has 0 radical (unpaired) electrons. The Labute approximate surface area is 103 Å². The van der Waals surface area contributed by atoms with Crippen molar-refractivity contribution >= 4 is 28.4 Å². The maximum absolute atomic E-state index is 11.8.